The average molecular weight is 437 g/mol. The Balaban J connectivity index is 1.38. The fourth-order valence-corrected chi connectivity index (χ4v) is 4.31. The van der Waals surface area contributed by atoms with E-state index >= 15 is 0 Å². The average Bonchev–Trinajstić information content (AvgIpc) is 3.32. The van der Waals surface area contributed by atoms with Crippen molar-refractivity contribution in [3.8, 4) is 17.1 Å². The lowest BCUT2D eigenvalue weighted by Gasteiger charge is -2.29. The van der Waals surface area contributed by atoms with Gasteiger partial charge in [-0.05, 0) is 31.4 Å². The fraction of sp³-hybridized carbons (Fsp3) is 0.333. The van der Waals surface area contributed by atoms with E-state index in [2.05, 4.69) is 15.5 Å². The molecule has 0 radical (unpaired) electrons. The zero-order chi connectivity index (χ0) is 22.4. The number of rotatable bonds is 4. The van der Waals surface area contributed by atoms with Crippen LogP contribution >= 0.6 is 0 Å². The number of amides is 4. The first-order valence-corrected chi connectivity index (χ1v) is 10.2. The number of benzene rings is 1. The van der Waals surface area contributed by atoms with E-state index in [1.54, 1.807) is 17.0 Å². The van der Waals surface area contributed by atoms with Gasteiger partial charge in [-0.15, -0.1) is 0 Å². The molecule has 3 aliphatic rings. The Morgan fingerprint density at radius 3 is 2.78 bits per heavy atom. The van der Waals surface area contributed by atoms with Crippen LogP contribution in [0.1, 0.15) is 31.6 Å². The van der Waals surface area contributed by atoms with E-state index in [0.29, 0.717) is 36.3 Å². The minimum absolute atomic E-state index is 0.0711. The number of carbonyl (C=O) groups excluding carboxylic acids is 4. The molecule has 0 bridgehead atoms. The van der Waals surface area contributed by atoms with Crippen molar-refractivity contribution < 1.29 is 28.8 Å². The van der Waals surface area contributed by atoms with Crippen LogP contribution in [0.2, 0.25) is 0 Å². The molecule has 0 spiro atoms. The Bertz CT molecular complexity index is 1180. The molecule has 3 aliphatic heterocycles. The maximum atomic E-state index is 13.2. The van der Waals surface area contributed by atoms with Gasteiger partial charge in [-0.25, -0.2) is 0 Å². The molecule has 1 aromatic carbocycles. The van der Waals surface area contributed by atoms with Crippen molar-refractivity contribution in [1.82, 2.24) is 25.3 Å². The Kier molecular flexibility index (Phi) is 4.72. The second kappa shape index (κ2) is 7.59. The van der Waals surface area contributed by atoms with Crippen molar-refractivity contribution in [1.29, 1.82) is 0 Å². The lowest BCUT2D eigenvalue weighted by molar-refractivity contribution is -0.150. The smallest absolute Gasteiger partial charge is 0.278 e. The SMILES string of the molecule is O=C1CCC(N2C(=O)C3=C(C2=O)N(Cc2nc(-c4cccc(O)c4)no2)CCC3)C(=O)N1. The summed E-state index contributed by atoms with van der Waals surface area (Å²) in [5.74, 6) is -1.48. The second-order valence-corrected chi connectivity index (χ2v) is 7.86. The number of nitrogens with one attached hydrogen (secondary N) is 1. The van der Waals surface area contributed by atoms with Gasteiger partial charge < -0.3 is 14.5 Å². The molecule has 2 aromatic rings. The molecule has 0 aliphatic carbocycles. The Morgan fingerprint density at radius 2 is 2.00 bits per heavy atom. The number of imide groups is 2. The van der Waals surface area contributed by atoms with Gasteiger partial charge in [-0.1, -0.05) is 17.3 Å². The molecule has 4 heterocycles. The largest absolute Gasteiger partial charge is 0.508 e. The first-order valence-electron chi connectivity index (χ1n) is 10.2. The molecule has 2 N–H and O–H groups in total. The van der Waals surface area contributed by atoms with Gasteiger partial charge in [0, 0.05) is 24.1 Å². The van der Waals surface area contributed by atoms with Crippen LogP contribution in [0, 0.1) is 0 Å². The van der Waals surface area contributed by atoms with Gasteiger partial charge in [-0.2, -0.15) is 4.98 Å². The quantitative estimate of drug-likeness (QED) is 0.652. The van der Waals surface area contributed by atoms with Crippen molar-refractivity contribution in [3.63, 3.8) is 0 Å². The van der Waals surface area contributed by atoms with Gasteiger partial charge in [0.15, 0.2) is 0 Å². The molecule has 1 saturated heterocycles. The van der Waals surface area contributed by atoms with Crippen molar-refractivity contribution in [2.24, 2.45) is 0 Å². The van der Waals surface area contributed by atoms with E-state index in [1.807, 2.05) is 0 Å². The molecule has 4 amide bonds. The van der Waals surface area contributed by atoms with Crippen molar-refractivity contribution >= 4 is 23.6 Å². The summed E-state index contributed by atoms with van der Waals surface area (Å²) in [6.45, 7) is 0.623. The molecule has 11 nitrogen and oxygen atoms in total. The first-order chi connectivity index (χ1) is 15.4. The summed E-state index contributed by atoms with van der Waals surface area (Å²) in [7, 11) is 0. The van der Waals surface area contributed by atoms with Crippen molar-refractivity contribution in [2.45, 2.75) is 38.3 Å². The third-order valence-electron chi connectivity index (χ3n) is 5.78. The highest BCUT2D eigenvalue weighted by Crippen LogP contribution is 2.34. The summed E-state index contributed by atoms with van der Waals surface area (Å²) < 4.78 is 5.33. The van der Waals surface area contributed by atoms with Gasteiger partial charge in [0.1, 0.15) is 17.5 Å². The van der Waals surface area contributed by atoms with E-state index < -0.39 is 29.7 Å². The predicted molar refractivity (Wildman–Crippen MR) is 106 cm³/mol. The van der Waals surface area contributed by atoms with Crippen LogP contribution in [0.4, 0.5) is 0 Å². The van der Waals surface area contributed by atoms with Crippen LogP contribution in [0.15, 0.2) is 40.1 Å². The van der Waals surface area contributed by atoms with E-state index in [4.69, 9.17) is 4.52 Å². The lowest BCUT2D eigenvalue weighted by Crippen LogP contribution is -2.55. The third-order valence-corrected chi connectivity index (χ3v) is 5.78. The summed E-state index contributed by atoms with van der Waals surface area (Å²) in [6, 6.07) is 5.43. The van der Waals surface area contributed by atoms with Gasteiger partial charge >= 0.3 is 0 Å². The number of phenols is 1. The van der Waals surface area contributed by atoms with Crippen molar-refractivity contribution in [3.05, 3.63) is 41.4 Å². The molecule has 1 atom stereocenters. The number of carbonyl (C=O) groups is 4. The van der Waals surface area contributed by atoms with Crippen LogP contribution in [0.25, 0.3) is 11.4 Å². The van der Waals surface area contributed by atoms with Crippen LogP contribution in [-0.4, -0.2) is 61.3 Å². The minimum atomic E-state index is -0.999. The number of aromatic hydroxyl groups is 1. The standard InChI is InChI=1S/C21H19N5O6/c27-12-4-1-3-11(9-12)18-23-16(32-24-18)10-25-8-2-5-13-17(25)21(31)26(20(13)30)14-6-7-15(28)22-19(14)29/h1,3-4,9,14,27H,2,5-8,10H2,(H,22,28,29). The highest BCUT2D eigenvalue weighted by molar-refractivity contribution is 6.21. The number of aromatic nitrogens is 2. The zero-order valence-electron chi connectivity index (χ0n) is 16.9. The molecular weight excluding hydrogens is 418 g/mol. The third kappa shape index (κ3) is 3.31. The van der Waals surface area contributed by atoms with E-state index in [1.165, 1.54) is 12.1 Å². The highest BCUT2D eigenvalue weighted by Gasteiger charge is 2.48. The van der Waals surface area contributed by atoms with E-state index in [-0.39, 0.29) is 36.7 Å². The van der Waals surface area contributed by atoms with Gasteiger partial charge in [0.05, 0.1) is 6.54 Å². The molecule has 5 rings (SSSR count). The van der Waals surface area contributed by atoms with Gasteiger partial charge in [0.2, 0.25) is 23.5 Å². The molecule has 1 aromatic heterocycles. The number of hydrogen-bond acceptors (Lipinski definition) is 9. The Morgan fingerprint density at radius 1 is 1.16 bits per heavy atom. The number of phenolic OH excluding ortho intramolecular Hbond substituents is 1. The second-order valence-electron chi connectivity index (χ2n) is 7.86. The number of nitrogens with zero attached hydrogens (tertiary/aromatic N) is 4. The highest BCUT2D eigenvalue weighted by atomic mass is 16.5. The molecule has 1 fully saturated rings. The maximum Gasteiger partial charge on any atom is 0.278 e. The topological polar surface area (TPSA) is 146 Å². The zero-order valence-corrected chi connectivity index (χ0v) is 16.9. The summed E-state index contributed by atoms with van der Waals surface area (Å²) in [5, 5.41) is 15.8. The summed E-state index contributed by atoms with van der Waals surface area (Å²) in [6.07, 6.45) is 1.26. The number of hydrogen-bond donors (Lipinski definition) is 2. The molecule has 32 heavy (non-hydrogen) atoms. The van der Waals surface area contributed by atoms with Crippen LogP contribution in [-0.2, 0) is 25.7 Å². The first kappa shape index (κ1) is 19.9. The van der Waals surface area contributed by atoms with Gasteiger partial charge in [-0.3, -0.25) is 29.4 Å². The lowest BCUT2D eigenvalue weighted by atomic mass is 10.0. The Hall–Kier alpha value is -4.02. The molecule has 1 unspecified atom stereocenters. The van der Waals surface area contributed by atoms with Crippen LogP contribution in [0.5, 0.6) is 5.75 Å². The summed E-state index contributed by atoms with van der Waals surface area (Å²) >= 11 is 0. The Labute approximate surface area is 181 Å². The normalized spacial score (nSPS) is 21.3. The number of piperidine rings is 1. The monoisotopic (exact) mass is 437 g/mol. The van der Waals surface area contributed by atoms with Gasteiger partial charge in [0.25, 0.3) is 11.8 Å². The summed E-state index contributed by atoms with van der Waals surface area (Å²) in [5.41, 5.74) is 1.18. The van der Waals surface area contributed by atoms with Crippen LogP contribution in [0.3, 0.4) is 0 Å². The summed E-state index contributed by atoms with van der Waals surface area (Å²) in [4.78, 5) is 56.9. The van der Waals surface area contributed by atoms with E-state index in [9.17, 15) is 24.3 Å². The van der Waals surface area contributed by atoms with Crippen LogP contribution < -0.4 is 5.32 Å². The maximum absolute atomic E-state index is 13.2. The molecule has 11 heteroatoms. The molecule has 0 saturated carbocycles. The fourth-order valence-electron chi connectivity index (χ4n) is 4.31. The molecule has 164 valence electrons. The van der Waals surface area contributed by atoms with Crippen molar-refractivity contribution in [2.75, 3.05) is 6.54 Å². The molecular formula is C21H19N5O6. The van der Waals surface area contributed by atoms with E-state index in [0.717, 1.165) is 4.90 Å². The minimum Gasteiger partial charge on any atom is -0.508 e. The predicted octanol–water partition coefficient (Wildman–Crippen LogP) is 0.466.